The van der Waals surface area contributed by atoms with E-state index < -0.39 is 0 Å². The molecule has 0 N–H and O–H groups in total. The molecule has 5 heteroatoms. The van der Waals surface area contributed by atoms with E-state index in [9.17, 15) is 0 Å². The van der Waals surface area contributed by atoms with Crippen LogP contribution in [0.1, 0.15) is 0 Å². The summed E-state index contributed by atoms with van der Waals surface area (Å²) in [4.78, 5) is 13.9. The molecule has 36 heavy (non-hydrogen) atoms. The zero-order chi connectivity index (χ0) is 24.1. The van der Waals surface area contributed by atoms with Gasteiger partial charge in [-0.2, -0.15) is 9.97 Å². The quantitative estimate of drug-likeness (QED) is 0.243. The normalized spacial score (nSPS) is 11.5. The van der Waals surface area contributed by atoms with Gasteiger partial charge in [0.25, 0.3) is 0 Å². The molecule has 3 nitrogen and oxygen atoms in total. The van der Waals surface area contributed by atoms with Gasteiger partial charge >= 0.3 is 0 Å². The molecule has 0 spiro atoms. The summed E-state index contributed by atoms with van der Waals surface area (Å²) >= 11 is 8.19. The van der Waals surface area contributed by atoms with Crippen LogP contribution in [0.4, 0.5) is 0 Å². The van der Waals surface area contributed by atoms with Crippen molar-refractivity contribution in [1.29, 1.82) is 0 Å². The van der Waals surface area contributed by atoms with Gasteiger partial charge in [0, 0.05) is 31.3 Å². The summed E-state index contributed by atoms with van der Waals surface area (Å²) < 4.78 is 2.39. The van der Waals surface area contributed by atoms with Crippen LogP contribution < -0.4 is 0 Å². The molecular weight excluding hydrogens is 482 g/mol. The van der Waals surface area contributed by atoms with E-state index in [0.29, 0.717) is 11.6 Å². The summed E-state index contributed by atoms with van der Waals surface area (Å²) in [5.41, 5.74) is 4.26. The Morgan fingerprint density at radius 3 is 2.19 bits per heavy atom. The Labute approximate surface area is 216 Å². The van der Waals surface area contributed by atoms with E-state index in [2.05, 4.69) is 113 Å². The van der Waals surface area contributed by atoms with Crippen molar-refractivity contribution in [2.75, 3.05) is 0 Å². The summed E-state index contributed by atoms with van der Waals surface area (Å²) in [6.45, 7) is 0. The van der Waals surface area contributed by atoms with E-state index in [0.717, 1.165) is 21.2 Å². The molecule has 2 aromatic heterocycles. The Balaban J connectivity index is 1.37. The van der Waals surface area contributed by atoms with Crippen LogP contribution in [0.25, 0.3) is 64.8 Å². The average molecular weight is 500 g/mol. The van der Waals surface area contributed by atoms with Gasteiger partial charge < -0.3 is 0 Å². The van der Waals surface area contributed by atoms with Crippen LogP contribution in [-0.2, 0) is 0 Å². The van der Waals surface area contributed by atoms with E-state index in [1.165, 1.54) is 32.0 Å². The molecule has 0 atom stereocenters. The predicted octanol–water partition coefficient (Wildman–Crippen LogP) is 9.05. The molecule has 0 bridgehead atoms. The van der Waals surface area contributed by atoms with Gasteiger partial charge in [-0.15, -0.1) is 11.3 Å². The Bertz CT molecular complexity index is 1910. The maximum Gasteiger partial charge on any atom is 0.226 e. The average Bonchev–Trinajstić information content (AvgIpc) is 3.31. The number of halogens is 1. The Kier molecular flexibility index (Phi) is 5.01. The van der Waals surface area contributed by atoms with Crippen molar-refractivity contribution >= 4 is 53.9 Å². The second-order valence-corrected chi connectivity index (χ2v) is 10.0. The zero-order valence-electron chi connectivity index (χ0n) is 19.0. The number of fused-ring (bicyclic) bond motifs is 4. The first-order valence-corrected chi connectivity index (χ1v) is 12.8. The lowest BCUT2D eigenvalue weighted by atomic mass is 9.97. The molecule has 0 aliphatic carbocycles. The fraction of sp³-hybridized carbons (Fsp3) is 0. The molecule has 0 aliphatic heterocycles. The van der Waals surface area contributed by atoms with Crippen LogP contribution in [-0.4, -0.2) is 15.0 Å². The van der Waals surface area contributed by atoms with E-state index >= 15 is 0 Å². The summed E-state index contributed by atoms with van der Waals surface area (Å²) in [7, 11) is 0. The fourth-order valence-electron chi connectivity index (χ4n) is 4.82. The lowest BCUT2D eigenvalue weighted by Crippen LogP contribution is -1.97. The summed E-state index contributed by atoms with van der Waals surface area (Å²) in [6, 6.07) is 37.8. The number of benzene rings is 5. The number of aromatic nitrogens is 3. The van der Waals surface area contributed by atoms with Gasteiger partial charge in [-0.05, 0) is 51.7 Å². The highest BCUT2D eigenvalue weighted by atomic mass is 35.5. The molecule has 0 fully saturated rings. The molecule has 0 amide bonds. The van der Waals surface area contributed by atoms with Crippen molar-refractivity contribution < 1.29 is 0 Å². The smallest absolute Gasteiger partial charge is 0.208 e. The molecule has 0 saturated carbocycles. The van der Waals surface area contributed by atoms with Gasteiger partial charge in [0.2, 0.25) is 5.28 Å². The van der Waals surface area contributed by atoms with E-state index in [1.807, 2.05) is 6.07 Å². The molecule has 0 saturated heterocycles. The van der Waals surface area contributed by atoms with E-state index in [4.69, 9.17) is 16.6 Å². The highest BCUT2D eigenvalue weighted by molar-refractivity contribution is 7.26. The highest BCUT2D eigenvalue weighted by Crippen LogP contribution is 2.39. The third kappa shape index (κ3) is 3.54. The molecule has 7 rings (SSSR count). The largest absolute Gasteiger partial charge is 0.226 e. The second kappa shape index (κ2) is 8.52. The van der Waals surface area contributed by atoms with Gasteiger partial charge in [-0.25, -0.2) is 4.98 Å². The van der Waals surface area contributed by atoms with Crippen molar-refractivity contribution in [1.82, 2.24) is 15.0 Å². The van der Waals surface area contributed by atoms with Crippen LogP contribution in [0.5, 0.6) is 0 Å². The van der Waals surface area contributed by atoms with Crippen molar-refractivity contribution in [2.24, 2.45) is 0 Å². The minimum Gasteiger partial charge on any atom is -0.208 e. The topological polar surface area (TPSA) is 38.7 Å². The first-order chi connectivity index (χ1) is 17.7. The number of rotatable bonds is 3. The van der Waals surface area contributed by atoms with Gasteiger partial charge in [0.15, 0.2) is 11.6 Å². The van der Waals surface area contributed by atoms with Crippen molar-refractivity contribution in [3.05, 3.63) is 114 Å². The Morgan fingerprint density at radius 1 is 0.528 bits per heavy atom. The zero-order valence-corrected chi connectivity index (χ0v) is 20.6. The fourth-order valence-corrected chi connectivity index (χ4v) is 6.19. The number of hydrogen-bond donors (Lipinski definition) is 0. The Morgan fingerprint density at radius 2 is 1.28 bits per heavy atom. The molecule has 0 aliphatic rings. The molecule has 7 aromatic rings. The van der Waals surface area contributed by atoms with Gasteiger partial charge in [0.05, 0.1) is 0 Å². The van der Waals surface area contributed by atoms with Gasteiger partial charge in [0.1, 0.15) is 0 Å². The maximum atomic E-state index is 6.44. The predicted molar refractivity (Wildman–Crippen MR) is 152 cm³/mol. The second-order valence-electron chi connectivity index (χ2n) is 8.64. The van der Waals surface area contributed by atoms with Crippen LogP contribution in [0.15, 0.2) is 109 Å². The minimum atomic E-state index is 0.186. The van der Waals surface area contributed by atoms with Crippen molar-refractivity contribution in [3.63, 3.8) is 0 Å². The lowest BCUT2D eigenvalue weighted by Gasteiger charge is -2.10. The van der Waals surface area contributed by atoms with Crippen LogP contribution >= 0.6 is 22.9 Å². The molecule has 0 unspecified atom stereocenters. The summed E-state index contributed by atoms with van der Waals surface area (Å²) in [6.07, 6.45) is 0. The van der Waals surface area contributed by atoms with Gasteiger partial charge in [-0.1, -0.05) is 91.0 Å². The van der Waals surface area contributed by atoms with Crippen LogP contribution in [0, 0.1) is 0 Å². The highest BCUT2D eigenvalue weighted by Gasteiger charge is 2.15. The molecular formula is C31H18ClN3S. The number of thiophene rings is 1. The third-order valence-electron chi connectivity index (χ3n) is 6.48. The standard InChI is InChI=1S/C31H18ClN3S/c32-31-34-29(21-16-17-23-20(18-21)10-6-12-22(23)19-8-2-1-3-9-19)33-30(35-31)26-14-7-13-25-24-11-4-5-15-27(24)36-28(25)26/h1-18H. The van der Waals surface area contributed by atoms with Crippen molar-refractivity contribution in [2.45, 2.75) is 0 Å². The molecule has 0 radical (unpaired) electrons. The lowest BCUT2D eigenvalue weighted by molar-refractivity contribution is 1.07. The number of hydrogen-bond acceptors (Lipinski definition) is 4. The van der Waals surface area contributed by atoms with Gasteiger partial charge in [-0.3, -0.25) is 0 Å². The molecule has 5 aromatic carbocycles. The molecule has 2 heterocycles. The summed E-state index contributed by atoms with van der Waals surface area (Å²) in [5.74, 6) is 1.15. The van der Waals surface area contributed by atoms with Crippen molar-refractivity contribution in [3.8, 4) is 33.9 Å². The van der Waals surface area contributed by atoms with E-state index in [-0.39, 0.29) is 5.28 Å². The van der Waals surface area contributed by atoms with Crippen LogP contribution in [0.3, 0.4) is 0 Å². The van der Waals surface area contributed by atoms with Crippen LogP contribution in [0.2, 0.25) is 5.28 Å². The number of nitrogens with zero attached hydrogens (tertiary/aromatic N) is 3. The molecule has 170 valence electrons. The Hall–Kier alpha value is -4.12. The first kappa shape index (κ1) is 21.2. The summed E-state index contributed by atoms with van der Waals surface area (Å²) in [5, 5.41) is 4.93. The monoisotopic (exact) mass is 499 g/mol. The first-order valence-electron chi connectivity index (χ1n) is 11.7. The third-order valence-corrected chi connectivity index (χ3v) is 7.87. The van der Waals surface area contributed by atoms with E-state index in [1.54, 1.807) is 11.3 Å². The maximum absolute atomic E-state index is 6.44. The SMILES string of the molecule is Clc1nc(-c2ccc3c(-c4ccccc4)cccc3c2)nc(-c2cccc3c2sc2ccccc23)n1. The minimum absolute atomic E-state index is 0.186.